The zero-order chi connectivity index (χ0) is 14.4. The van der Waals surface area contributed by atoms with Gasteiger partial charge in [0.15, 0.2) is 0 Å². The highest BCUT2D eigenvalue weighted by atomic mass is 35.5. The number of nitrogens with zero attached hydrogens (tertiary/aromatic N) is 4. The van der Waals surface area contributed by atoms with Crippen molar-refractivity contribution in [3.8, 4) is 5.69 Å². The molecule has 0 aliphatic carbocycles. The van der Waals surface area contributed by atoms with Gasteiger partial charge in [-0.15, -0.1) is 16.4 Å². The van der Waals surface area contributed by atoms with Gasteiger partial charge in [-0.25, -0.2) is 4.98 Å². The molecule has 0 unspecified atom stereocenters. The van der Waals surface area contributed by atoms with E-state index in [0.717, 1.165) is 10.2 Å². The maximum atomic E-state index is 12.6. The number of halogens is 1. The molecule has 5 nitrogen and oxygen atoms in total. The molecule has 21 heavy (non-hydrogen) atoms. The van der Waals surface area contributed by atoms with E-state index in [1.165, 1.54) is 16.0 Å². The monoisotopic (exact) mass is 314 g/mol. The minimum atomic E-state index is -0.203. The zero-order valence-electron chi connectivity index (χ0n) is 10.5. The first-order valence-electron chi connectivity index (χ1n) is 6.13. The van der Waals surface area contributed by atoms with Crippen LogP contribution in [0.3, 0.4) is 0 Å². The fourth-order valence-corrected chi connectivity index (χ4v) is 3.30. The van der Waals surface area contributed by atoms with Crippen molar-refractivity contribution in [2.45, 2.75) is 0 Å². The van der Waals surface area contributed by atoms with Crippen LogP contribution in [-0.4, -0.2) is 20.0 Å². The van der Waals surface area contributed by atoms with Crippen LogP contribution in [0.2, 0.25) is 5.02 Å². The molecule has 0 N–H and O–H groups in total. The van der Waals surface area contributed by atoms with Crippen LogP contribution in [-0.2, 0) is 0 Å². The van der Waals surface area contributed by atoms with Crippen molar-refractivity contribution < 1.29 is 0 Å². The Morgan fingerprint density at radius 1 is 1.19 bits per heavy atom. The minimum Gasteiger partial charge on any atom is -0.266 e. The predicted octanol–water partition coefficient (Wildman–Crippen LogP) is 3.04. The van der Waals surface area contributed by atoms with Crippen molar-refractivity contribution in [2.24, 2.45) is 0 Å². The summed E-state index contributed by atoms with van der Waals surface area (Å²) >= 11 is 7.25. The third kappa shape index (κ3) is 1.91. The number of hydrogen-bond donors (Lipinski definition) is 0. The van der Waals surface area contributed by atoms with Crippen LogP contribution in [0.5, 0.6) is 0 Å². The van der Waals surface area contributed by atoms with Crippen molar-refractivity contribution in [2.75, 3.05) is 0 Å². The first kappa shape index (κ1) is 12.4. The molecule has 4 rings (SSSR count). The Morgan fingerprint density at radius 2 is 2.00 bits per heavy atom. The lowest BCUT2D eigenvalue weighted by molar-refractivity contribution is 0.740. The van der Waals surface area contributed by atoms with Gasteiger partial charge in [0.25, 0.3) is 5.56 Å². The van der Waals surface area contributed by atoms with Gasteiger partial charge in [0.2, 0.25) is 0 Å². The summed E-state index contributed by atoms with van der Waals surface area (Å²) in [5.74, 6) is 0. The highest BCUT2D eigenvalue weighted by Gasteiger charge is 2.14. The number of pyridine rings is 1. The molecule has 0 fully saturated rings. The number of hydrogen-bond acceptors (Lipinski definition) is 5. The molecule has 102 valence electrons. The summed E-state index contributed by atoms with van der Waals surface area (Å²) < 4.78 is 1.82. The number of thiophene rings is 1. The summed E-state index contributed by atoms with van der Waals surface area (Å²) in [6.07, 6.45) is 1.56. The highest BCUT2D eigenvalue weighted by Crippen LogP contribution is 2.30. The summed E-state index contributed by atoms with van der Waals surface area (Å²) in [6, 6.07) is 10.9. The molecule has 0 radical (unpaired) electrons. The second-order valence-electron chi connectivity index (χ2n) is 4.43. The van der Waals surface area contributed by atoms with E-state index in [9.17, 15) is 4.79 Å². The molecule has 0 amide bonds. The summed E-state index contributed by atoms with van der Waals surface area (Å²) in [4.78, 5) is 17.6. The maximum Gasteiger partial charge on any atom is 0.292 e. The summed E-state index contributed by atoms with van der Waals surface area (Å²) in [5, 5.41) is 9.46. The number of rotatable bonds is 1. The number of fused-ring (bicyclic) bond motifs is 3. The van der Waals surface area contributed by atoms with E-state index in [0.29, 0.717) is 20.9 Å². The molecule has 0 aliphatic rings. The van der Waals surface area contributed by atoms with Crippen LogP contribution in [0.25, 0.3) is 26.1 Å². The lowest BCUT2D eigenvalue weighted by atomic mass is 10.3. The summed E-state index contributed by atoms with van der Waals surface area (Å²) in [6.45, 7) is 0. The van der Waals surface area contributed by atoms with Gasteiger partial charge in [-0.05, 0) is 18.2 Å². The Balaban J connectivity index is 2.08. The Hall–Kier alpha value is -2.31. The lowest BCUT2D eigenvalue weighted by Gasteiger charge is -2.01. The molecule has 0 saturated heterocycles. The minimum absolute atomic E-state index is 0.203. The van der Waals surface area contributed by atoms with Crippen molar-refractivity contribution >= 4 is 43.4 Å². The van der Waals surface area contributed by atoms with Gasteiger partial charge in [-0.1, -0.05) is 35.0 Å². The first-order valence-corrected chi connectivity index (χ1v) is 7.33. The Bertz CT molecular complexity index is 1030. The van der Waals surface area contributed by atoms with Crippen LogP contribution >= 0.6 is 22.9 Å². The molecule has 0 bridgehead atoms. The third-order valence-corrected chi connectivity index (χ3v) is 4.41. The lowest BCUT2D eigenvalue weighted by Crippen LogP contribution is -2.21. The van der Waals surface area contributed by atoms with Gasteiger partial charge in [0.1, 0.15) is 15.0 Å². The molecule has 3 heterocycles. The second-order valence-corrected chi connectivity index (χ2v) is 5.86. The van der Waals surface area contributed by atoms with Gasteiger partial charge >= 0.3 is 0 Å². The van der Waals surface area contributed by atoms with Gasteiger partial charge in [0.05, 0.1) is 10.7 Å². The summed E-state index contributed by atoms with van der Waals surface area (Å²) in [7, 11) is 0. The topological polar surface area (TPSA) is 60.7 Å². The van der Waals surface area contributed by atoms with Gasteiger partial charge in [0, 0.05) is 11.6 Å². The SMILES string of the molecule is O=c1c2sc3ncc(Cl)cc3c2nnn1-c1ccccc1. The molecule has 0 atom stereocenters. The predicted molar refractivity (Wildman–Crippen MR) is 83.3 cm³/mol. The van der Waals surface area contributed by atoms with Gasteiger partial charge < -0.3 is 0 Å². The second kappa shape index (κ2) is 4.61. The number of benzene rings is 1. The normalized spacial score (nSPS) is 11.3. The molecular weight excluding hydrogens is 308 g/mol. The fraction of sp³-hybridized carbons (Fsp3) is 0. The van der Waals surface area contributed by atoms with Crippen molar-refractivity contribution in [3.05, 3.63) is 58.0 Å². The van der Waals surface area contributed by atoms with E-state index in [-0.39, 0.29) is 5.56 Å². The van der Waals surface area contributed by atoms with E-state index in [1.807, 2.05) is 30.3 Å². The van der Waals surface area contributed by atoms with Gasteiger partial charge in [-0.3, -0.25) is 4.79 Å². The van der Waals surface area contributed by atoms with Crippen molar-refractivity contribution in [1.82, 2.24) is 20.0 Å². The van der Waals surface area contributed by atoms with E-state index in [2.05, 4.69) is 15.3 Å². The largest absolute Gasteiger partial charge is 0.292 e. The molecule has 0 spiro atoms. The quantitative estimate of drug-likeness (QED) is 0.542. The van der Waals surface area contributed by atoms with E-state index in [4.69, 9.17) is 11.6 Å². The summed E-state index contributed by atoms with van der Waals surface area (Å²) in [5.41, 5.74) is 1.02. The standard InChI is InChI=1S/C14H7ClN4OS/c15-8-6-10-11-12(21-13(10)16-7-8)14(20)19(18-17-11)9-4-2-1-3-5-9/h1-7H. The molecular formula is C14H7ClN4OS. The van der Waals surface area contributed by atoms with Crippen molar-refractivity contribution in [3.63, 3.8) is 0 Å². The third-order valence-electron chi connectivity index (χ3n) is 3.11. The zero-order valence-corrected chi connectivity index (χ0v) is 12.1. The van der Waals surface area contributed by atoms with Crippen LogP contribution in [0.15, 0.2) is 47.4 Å². The molecule has 3 aromatic heterocycles. The molecule has 0 saturated carbocycles. The van der Waals surface area contributed by atoms with E-state index in [1.54, 1.807) is 12.3 Å². The molecule has 1 aromatic carbocycles. The van der Waals surface area contributed by atoms with Gasteiger partial charge in [-0.2, -0.15) is 4.68 Å². The Labute approximate surface area is 127 Å². The van der Waals surface area contributed by atoms with E-state index >= 15 is 0 Å². The van der Waals surface area contributed by atoms with E-state index < -0.39 is 0 Å². The maximum absolute atomic E-state index is 12.6. The van der Waals surface area contributed by atoms with Crippen molar-refractivity contribution in [1.29, 1.82) is 0 Å². The number of para-hydroxylation sites is 1. The first-order chi connectivity index (χ1) is 10.2. The average Bonchev–Trinajstić information content (AvgIpc) is 2.87. The van der Waals surface area contributed by atoms with Crippen LogP contribution in [0.4, 0.5) is 0 Å². The smallest absolute Gasteiger partial charge is 0.266 e. The highest BCUT2D eigenvalue weighted by molar-refractivity contribution is 7.25. The fourth-order valence-electron chi connectivity index (χ4n) is 2.15. The Kier molecular flexibility index (Phi) is 2.73. The van der Waals surface area contributed by atoms with Crippen LogP contribution in [0, 0.1) is 0 Å². The molecule has 0 aliphatic heterocycles. The van der Waals surface area contributed by atoms with Crippen LogP contribution in [0.1, 0.15) is 0 Å². The molecule has 4 aromatic rings. The number of aromatic nitrogens is 4. The average molecular weight is 315 g/mol. The van der Waals surface area contributed by atoms with Crippen LogP contribution < -0.4 is 5.56 Å². The molecule has 7 heteroatoms. The Morgan fingerprint density at radius 3 is 2.81 bits per heavy atom.